The van der Waals surface area contributed by atoms with Gasteiger partial charge in [0.15, 0.2) is 0 Å². The van der Waals surface area contributed by atoms with Gasteiger partial charge in [-0.2, -0.15) is 0 Å². The fraction of sp³-hybridized carbons (Fsp3) is 0.900. The summed E-state index contributed by atoms with van der Waals surface area (Å²) < 4.78 is 5.26. The van der Waals surface area contributed by atoms with Gasteiger partial charge in [0.2, 0.25) is 5.91 Å². The van der Waals surface area contributed by atoms with Gasteiger partial charge in [0.1, 0.15) is 0 Å². The molecule has 1 amide bonds. The van der Waals surface area contributed by atoms with Crippen LogP contribution in [0.15, 0.2) is 0 Å². The molecule has 2 atom stereocenters. The quantitative estimate of drug-likeness (QED) is 0.765. The number of hydrogen-bond donors (Lipinski definition) is 2. The van der Waals surface area contributed by atoms with Crippen LogP contribution in [0.1, 0.15) is 13.8 Å². The molecule has 0 radical (unpaired) electrons. The normalized spacial score (nSPS) is 19.5. The molecule has 3 N–H and O–H groups in total. The highest BCUT2D eigenvalue weighted by Gasteiger charge is 2.17. The van der Waals surface area contributed by atoms with Crippen molar-refractivity contribution in [3.8, 4) is 0 Å². The van der Waals surface area contributed by atoms with Crippen molar-refractivity contribution >= 4 is 30.7 Å². The summed E-state index contributed by atoms with van der Waals surface area (Å²) in [5.74, 6) is -0.0879. The summed E-state index contributed by atoms with van der Waals surface area (Å²) in [6.07, 6.45) is 0. The molecule has 1 fully saturated rings. The summed E-state index contributed by atoms with van der Waals surface area (Å²) in [6.45, 7) is 7.89. The number of nitrogens with one attached hydrogen (secondary N) is 1. The molecule has 1 aliphatic heterocycles. The van der Waals surface area contributed by atoms with E-state index >= 15 is 0 Å². The van der Waals surface area contributed by atoms with Gasteiger partial charge in [-0.05, 0) is 13.8 Å². The van der Waals surface area contributed by atoms with Gasteiger partial charge in [0.25, 0.3) is 0 Å². The Morgan fingerprint density at radius 1 is 1.35 bits per heavy atom. The first-order valence-corrected chi connectivity index (χ1v) is 5.46. The van der Waals surface area contributed by atoms with Crippen molar-refractivity contribution in [2.24, 2.45) is 5.73 Å². The van der Waals surface area contributed by atoms with Gasteiger partial charge in [0, 0.05) is 25.7 Å². The van der Waals surface area contributed by atoms with Crippen LogP contribution >= 0.6 is 24.8 Å². The lowest BCUT2D eigenvalue weighted by atomic mass is 10.2. The van der Waals surface area contributed by atoms with Gasteiger partial charge in [-0.1, -0.05) is 0 Å². The fourth-order valence-corrected chi connectivity index (χ4v) is 1.56. The van der Waals surface area contributed by atoms with Crippen LogP contribution in [0.4, 0.5) is 0 Å². The van der Waals surface area contributed by atoms with Gasteiger partial charge in [0.05, 0.1) is 19.3 Å². The first-order valence-electron chi connectivity index (χ1n) is 5.46. The molecule has 17 heavy (non-hydrogen) atoms. The Balaban J connectivity index is 0. The third-order valence-electron chi connectivity index (χ3n) is 2.65. The summed E-state index contributed by atoms with van der Waals surface area (Å²) in [5.41, 5.74) is 5.45. The minimum absolute atomic E-state index is 0. The summed E-state index contributed by atoms with van der Waals surface area (Å²) in [4.78, 5) is 13.6. The van der Waals surface area contributed by atoms with Crippen molar-refractivity contribution in [2.75, 3.05) is 32.8 Å². The first-order chi connectivity index (χ1) is 7.11. The molecular weight excluding hydrogens is 265 g/mol. The summed E-state index contributed by atoms with van der Waals surface area (Å²) in [7, 11) is 0. The topological polar surface area (TPSA) is 67.6 Å². The van der Waals surface area contributed by atoms with E-state index in [9.17, 15) is 4.79 Å². The number of halogens is 2. The molecule has 0 saturated carbocycles. The van der Waals surface area contributed by atoms with Crippen LogP contribution in [0.25, 0.3) is 0 Å². The minimum atomic E-state index is -0.429. The number of rotatable bonds is 4. The van der Waals surface area contributed by atoms with E-state index in [1.807, 2.05) is 0 Å². The molecule has 1 rings (SSSR count). The van der Waals surface area contributed by atoms with Gasteiger partial charge >= 0.3 is 0 Å². The van der Waals surface area contributed by atoms with Crippen LogP contribution in [0.3, 0.4) is 0 Å². The molecule has 0 aliphatic carbocycles. The Labute approximate surface area is 115 Å². The number of hydrogen-bond acceptors (Lipinski definition) is 4. The fourth-order valence-electron chi connectivity index (χ4n) is 1.56. The molecule has 7 heteroatoms. The second kappa shape index (κ2) is 9.91. The molecular formula is C10H23Cl2N3O2. The van der Waals surface area contributed by atoms with Crippen molar-refractivity contribution in [1.82, 2.24) is 10.2 Å². The summed E-state index contributed by atoms with van der Waals surface area (Å²) >= 11 is 0. The number of ether oxygens (including phenoxy) is 1. The van der Waals surface area contributed by atoms with Gasteiger partial charge in [-0.25, -0.2) is 0 Å². The van der Waals surface area contributed by atoms with Crippen molar-refractivity contribution in [3.05, 3.63) is 0 Å². The molecule has 0 aromatic heterocycles. The van der Waals surface area contributed by atoms with E-state index in [0.717, 1.165) is 26.3 Å². The standard InChI is InChI=1S/C10H21N3O2.2ClH/c1-8(7-12-10(14)9(2)11)13-3-5-15-6-4-13;;/h8-9H,3-7,11H2,1-2H3,(H,12,14);2*1H/t8?,9-;;/m1../s1. The second-order valence-corrected chi connectivity index (χ2v) is 4.03. The molecule has 104 valence electrons. The van der Waals surface area contributed by atoms with Crippen LogP contribution in [-0.2, 0) is 9.53 Å². The number of carbonyl (C=O) groups is 1. The molecule has 0 spiro atoms. The van der Waals surface area contributed by atoms with Crippen LogP contribution in [-0.4, -0.2) is 55.7 Å². The Morgan fingerprint density at radius 3 is 2.35 bits per heavy atom. The predicted octanol–water partition coefficient (Wildman–Crippen LogP) is 0.0141. The number of amides is 1. The third kappa shape index (κ3) is 7.06. The number of carbonyl (C=O) groups excluding carboxylic acids is 1. The molecule has 0 aromatic carbocycles. The highest BCUT2D eigenvalue weighted by Crippen LogP contribution is 2.02. The number of nitrogens with two attached hydrogens (primary N) is 1. The van der Waals surface area contributed by atoms with E-state index < -0.39 is 6.04 Å². The van der Waals surface area contributed by atoms with Crippen molar-refractivity contribution in [2.45, 2.75) is 25.9 Å². The average Bonchev–Trinajstić information content (AvgIpc) is 2.26. The van der Waals surface area contributed by atoms with Gasteiger partial charge in [-0.15, -0.1) is 24.8 Å². The Kier molecular flexibility index (Phi) is 11.2. The third-order valence-corrected chi connectivity index (χ3v) is 2.65. The lowest BCUT2D eigenvalue weighted by Gasteiger charge is -2.32. The molecule has 1 saturated heterocycles. The second-order valence-electron chi connectivity index (χ2n) is 4.03. The van der Waals surface area contributed by atoms with E-state index in [0.29, 0.717) is 12.6 Å². The maximum absolute atomic E-state index is 11.3. The monoisotopic (exact) mass is 287 g/mol. The highest BCUT2D eigenvalue weighted by atomic mass is 35.5. The molecule has 1 unspecified atom stereocenters. The Bertz CT molecular complexity index is 212. The van der Waals surface area contributed by atoms with Crippen LogP contribution in [0.2, 0.25) is 0 Å². The van der Waals surface area contributed by atoms with Gasteiger partial charge in [-0.3, -0.25) is 9.69 Å². The number of morpholine rings is 1. The average molecular weight is 288 g/mol. The maximum atomic E-state index is 11.3. The molecule has 5 nitrogen and oxygen atoms in total. The summed E-state index contributed by atoms with van der Waals surface area (Å²) in [6, 6.07) is -0.0847. The van der Waals surface area contributed by atoms with Crippen LogP contribution < -0.4 is 11.1 Å². The molecule has 0 bridgehead atoms. The van der Waals surface area contributed by atoms with E-state index in [1.54, 1.807) is 6.92 Å². The van der Waals surface area contributed by atoms with E-state index in [1.165, 1.54) is 0 Å². The zero-order valence-electron chi connectivity index (χ0n) is 10.3. The van der Waals surface area contributed by atoms with Crippen molar-refractivity contribution in [3.63, 3.8) is 0 Å². The smallest absolute Gasteiger partial charge is 0.236 e. The van der Waals surface area contributed by atoms with Crippen LogP contribution in [0, 0.1) is 0 Å². The van der Waals surface area contributed by atoms with Crippen molar-refractivity contribution < 1.29 is 9.53 Å². The maximum Gasteiger partial charge on any atom is 0.236 e. The zero-order chi connectivity index (χ0) is 11.3. The first kappa shape index (κ1) is 19.3. The lowest BCUT2D eigenvalue weighted by molar-refractivity contribution is -0.122. The molecule has 1 heterocycles. The van der Waals surface area contributed by atoms with Gasteiger partial charge < -0.3 is 15.8 Å². The van der Waals surface area contributed by atoms with E-state index in [2.05, 4.69) is 17.1 Å². The van der Waals surface area contributed by atoms with E-state index in [4.69, 9.17) is 10.5 Å². The number of nitrogens with zero attached hydrogens (tertiary/aromatic N) is 1. The largest absolute Gasteiger partial charge is 0.379 e. The Hall–Kier alpha value is -0.0700. The zero-order valence-corrected chi connectivity index (χ0v) is 12.0. The van der Waals surface area contributed by atoms with E-state index in [-0.39, 0.29) is 30.7 Å². The molecule has 0 aromatic rings. The minimum Gasteiger partial charge on any atom is -0.379 e. The predicted molar refractivity (Wildman–Crippen MR) is 73.0 cm³/mol. The van der Waals surface area contributed by atoms with Crippen molar-refractivity contribution in [1.29, 1.82) is 0 Å². The molecule has 1 aliphatic rings. The highest BCUT2D eigenvalue weighted by molar-refractivity contribution is 5.85. The lowest BCUT2D eigenvalue weighted by Crippen LogP contribution is -2.49. The Morgan fingerprint density at radius 2 is 1.88 bits per heavy atom. The SMILES string of the molecule is CC(CNC(=O)[C@@H](C)N)N1CCOCC1.Cl.Cl. The van der Waals surface area contributed by atoms with Crippen LogP contribution in [0.5, 0.6) is 0 Å². The summed E-state index contributed by atoms with van der Waals surface area (Å²) in [5, 5.41) is 2.83.